The molecule has 4 aromatic rings. The van der Waals surface area contributed by atoms with Gasteiger partial charge in [0.1, 0.15) is 6.04 Å². The van der Waals surface area contributed by atoms with E-state index in [0.29, 0.717) is 10.9 Å². The van der Waals surface area contributed by atoms with Gasteiger partial charge in [-0.25, -0.2) is 4.79 Å². The van der Waals surface area contributed by atoms with Gasteiger partial charge in [-0.2, -0.15) is 13.2 Å². The number of aliphatic carboxylic acids is 1. The van der Waals surface area contributed by atoms with Crippen molar-refractivity contribution in [2.45, 2.75) is 31.5 Å². The van der Waals surface area contributed by atoms with E-state index < -0.39 is 29.7 Å². The molecule has 2 aromatic carbocycles. The van der Waals surface area contributed by atoms with Crippen LogP contribution in [0.3, 0.4) is 0 Å². The highest BCUT2D eigenvalue weighted by Crippen LogP contribution is 2.40. The van der Waals surface area contributed by atoms with Crippen molar-refractivity contribution in [2.24, 2.45) is 5.92 Å². The quantitative estimate of drug-likeness (QED) is 0.238. The summed E-state index contributed by atoms with van der Waals surface area (Å²) >= 11 is 12.2. The molecule has 1 atom stereocenters. The summed E-state index contributed by atoms with van der Waals surface area (Å²) in [6.07, 6.45) is -0.500. The van der Waals surface area contributed by atoms with Gasteiger partial charge in [-0.3, -0.25) is 14.8 Å². The number of hydrogen-bond acceptors (Lipinski definition) is 4. The number of benzene rings is 2. The van der Waals surface area contributed by atoms with Gasteiger partial charge in [0.05, 0.1) is 32.4 Å². The van der Waals surface area contributed by atoms with E-state index in [4.69, 9.17) is 23.2 Å². The van der Waals surface area contributed by atoms with E-state index in [1.165, 1.54) is 42.7 Å². The molecule has 0 aliphatic heterocycles. The zero-order valence-electron chi connectivity index (χ0n) is 21.1. The summed E-state index contributed by atoms with van der Waals surface area (Å²) < 4.78 is 43.0. The predicted molar refractivity (Wildman–Crippen MR) is 149 cm³/mol. The van der Waals surface area contributed by atoms with Gasteiger partial charge >= 0.3 is 12.1 Å². The van der Waals surface area contributed by atoms with Gasteiger partial charge in [0.2, 0.25) is 0 Å². The summed E-state index contributed by atoms with van der Waals surface area (Å²) in [5, 5.41) is 12.8. The lowest BCUT2D eigenvalue weighted by atomic mass is 9.94. The molecule has 0 bridgehead atoms. The van der Waals surface area contributed by atoms with Crippen LogP contribution in [0.1, 0.15) is 39.9 Å². The predicted octanol–water partition coefficient (Wildman–Crippen LogP) is 6.81. The van der Waals surface area contributed by atoms with E-state index >= 15 is 0 Å². The van der Waals surface area contributed by atoms with Crippen molar-refractivity contribution in [3.05, 3.63) is 93.2 Å². The molecule has 1 aliphatic rings. The Morgan fingerprint density at radius 3 is 2.41 bits per heavy atom. The number of halogens is 5. The summed E-state index contributed by atoms with van der Waals surface area (Å²) in [6.45, 7) is 0. The van der Waals surface area contributed by atoms with Crippen LogP contribution in [0.25, 0.3) is 22.2 Å². The van der Waals surface area contributed by atoms with Crippen molar-refractivity contribution in [1.82, 2.24) is 15.3 Å². The molecule has 0 saturated heterocycles. The third-order valence-electron chi connectivity index (χ3n) is 6.56. The van der Waals surface area contributed by atoms with Gasteiger partial charge in [0, 0.05) is 41.2 Å². The number of carboxylic acid groups (broad SMARTS) is 1. The Labute approximate surface area is 242 Å². The smallest absolute Gasteiger partial charge is 0.419 e. The number of carboxylic acids is 1. The maximum absolute atomic E-state index is 14.3. The van der Waals surface area contributed by atoms with Gasteiger partial charge in [0.15, 0.2) is 0 Å². The average molecular weight is 598 g/mol. The first-order valence-electron chi connectivity index (χ1n) is 12.5. The first kappa shape index (κ1) is 28.4. The number of nitrogens with one attached hydrogen (secondary N) is 1. The highest BCUT2D eigenvalue weighted by Gasteiger charge is 2.38. The molecule has 2 heterocycles. The third-order valence-corrected chi connectivity index (χ3v) is 7.19. The van der Waals surface area contributed by atoms with Crippen molar-refractivity contribution in [1.29, 1.82) is 0 Å². The van der Waals surface area contributed by atoms with Gasteiger partial charge in [-0.05, 0) is 42.7 Å². The van der Waals surface area contributed by atoms with Crippen LogP contribution in [0, 0.1) is 17.8 Å². The van der Waals surface area contributed by atoms with E-state index in [1.807, 2.05) is 0 Å². The molecule has 0 unspecified atom stereocenters. The van der Waals surface area contributed by atoms with Crippen LogP contribution in [0.5, 0.6) is 0 Å². The standard InChI is InChI=1S/C30H20Cl2F3N3O3/c31-21-4-1-5-22(32)24(21)28(39)38-23(29(40)41)15-18-10-11-20(26-19(18)3-2-13-36-26)27-25(30(33,34)35)17(12-14-37-27)9-8-16-6-7-16/h1-5,10-14,16,23H,6-7,15H2,(H,38,39)(H,40,41)/t23-/m0/s1. The first-order valence-corrected chi connectivity index (χ1v) is 13.2. The molecule has 11 heteroatoms. The summed E-state index contributed by atoms with van der Waals surface area (Å²) in [5.41, 5.74) is -0.778. The van der Waals surface area contributed by atoms with E-state index in [1.54, 1.807) is 18.2 Å². The summed E-state index contributed by atoms with van der Waals surface area (Å²) in [6, 6.07) is 10.4. The molecule has 41 heavy (non-hydrogen) atoms. The second kappa shape index (κ2) is 11.4. The molecule has 0 radical (unpaired) electrons. The van der Waals surface area contributed by atoms with Crippen molar-refractivity contribution in [3.8, 4) is 23.1 Å². The molecule has 6 nitrogen and oxygen atoms in total. The summed E-state index contributed by atoms with van der Waals surface area (Å²) in [7, 11) is 0. The molecule has 2 aromatic heterocycles. The van der Waals surface area contributed by atoms with Gasteiger partial charge < -0.3 is 10.4 Å². The molecule has 1 fully saturated rings. The topological polar surface area (TPSA) is 92.2 Å². The minimum absolute atomic E-state index is 0.0511. The number of pyridine rings is 2. The monoisotopic (exact) mass is 597 g/mol. The van der Waals surface area contributed by atoms with Crippen LogP contribution in [0.4, 0.5) is 13.2 Å². The molecule has 1 saturated carbocycles. The lowest BCUT2D eigenvalue weighted by Gasteiger charge is -2.19. The Bertz CT molecular complexity index is 1720. The van der Waals surface area contributed by atoms with Gasteiger partial charge in [-0.15, -0.1) is 0 Å². The highest BCUT2D eigenvalue weighted by atomic mass is 35.5. The molecule has 2 N–H and O–H groups in total. The fraction of sp³-hybridized carbons (Fsp3) is 0.200. The Kier molecular flexibility index (Phi) is 7.89. The molecular formula is C30H20Cl2F3N3O3. The highest BCUT2D eigenvalue weighted by molar-refractivity contribution is 6.39. The van der Waals surface area contributed by atoms with Crippen molar-refractivity contribution in [3.63, 3.8) is 0 Å². The lowest BCUT2D eigenvalue weighted by molar-refractivity contribution is -0.139. The minimum atomic E-state index is -4.74. The molecule has 1 amide bonds. The number of rotatable bonds is 6. The largest absolute Gasteiger partial charge is 0.480 e. The second-order valence-corrected chi connectivity index (χ2v) is 10.3. The number of nitrogens with zero attached hydrogens (tertiary/aromatic N) is 2. The van der Waals surface area contributed by atoms with Gasteiger partial charge in [0.25, 0.3) is 5.91 Å². The van der Waals surface area contributed by atoms with Crippen LogP contribution < -0.4 is 5.32 Å². The summed E-state index contributed by atoms with van der Waals surface area (Å²) in [4.78, 5) is 33.4. The van der Waals surface area contributed by atoms with Crippen LogP contribution in [0.15, 0.2) is 60.9 Å². The third kappa shape index (κ3) is 6.14. The number of fused-ring (bicyclic) bond motifs is 1. The van der Waals surface area contributed by atoms with Crippen molar-refractivity contribution in [2.75, 3.05) is 0 Å². The maximum Gasteiger partial charge on any atom is 0.419 e. The van der Waals surface area contributed by atoms with Gasteiger partial charge in [-0.1, -0.05) is 59.3 Å². The van der Waals surface area contributed by atoms with Crippen molar-refractivity contribution >= 4 is 46.0 Å². The molecule has 208 valence electrons. The number of aromatic nitrogens is 2. The fourth-order valence-electron chi connectivity index (χ4n) is 4.43. The number of amides is 1. The molecule has 0 spiro atoms. The van der Waals surface area contributed by atoms with Crippen molar-refractivity contribution < 1.29 is 27.9 Å². The Hall–Kier alpha value is -4.13. The summed E-state index contributed by atoms with van der Waals surface area (Å²) in [5.74, 6) is 3.54. The van der Waals surface area contributed by atoms with Crippen LogP contribution in [0.2, 0.25) is 10.0 Å². The Morgan fingerprint density at radius 2 is 1.76 bits per heavy atom. The maximum atomic E-state index is 14.3. The van der Waals surface area contributed by atoms with Crippen LogP contribution >= 0.6 is 23.2 Å². The van der Waals surface area contributed by atoms with E-state index in [-0.39, 0.29) is 50.3 Å². The van der Waals surface area contributed by atoms with E-state index in [9.17, 15) is 27.9 Å². The molecule has 5 rings (SSSR count). The Balaban J connectivity index is 1.55. The number of alkyl halides is 3. The van der Waals surface area contributed by atoms with Crippen LogP contribution in [-0.4, -0.2) is 33.0 Å². The zero-order chi connectivity index (χ0) is 29.3. The lowest BCUT2D eigenvalue weighted by Crippen LogP contribution is -2.42. The molecule has 1 aliphatic carbocycles. The number of hydrogen-bond donors (Lipinski definition) is 2. The normalized spacial score (nSPS) is 13.8. The van der Waals surface area contributed by atoms with E-state index in [2.05, 4.69) is 27.1 Å². The molecular weight excluding hydrogens is 578 g/mol. The number of carbonyl (C=O) groups excluding carboxylic acids is 1. The Morgan fingerprint density at radius 1 is 1.02 bits per heavy atom. The second-order valence-electron chi connectivity index (χ2n) is 9.46. The fourth-order valence-corrected chi connectivity index (χ4v) is 5.00. The first-order chi connectivity index (χ1) is 19.5. The SMILES string of the molecule is O=C(N[C@@H](Cc1ccc(-c2nccc(C#CC3CC3)c2C(F)(F)F)c2ncccc12)C(=O)O)c1c(Cl)cccc1Cl. The van der Waals surface area contributed by atoms with Crippen LogP contribution in [-0.2, 0) is 17.4 Å². The average Bonchev–Trinajstić information content (AvgIpc) is 3.75. The minimum Gasteiger partial charge on any atom is -0.480 e. The number of carbonyl (C=O) groups is 2. The zero-order valence-corrected chi connectivity index (χ0v) is 22.6. The van der Waals surface area contributed by atoms with E-state index in [0.717, 1.165) is 12.8 Å².